The van der Waals surface area contributed by atoms with Crippen LogP contribution in [0.25, 0.3) is 0 Å². The monoisotopic (exact) mass is 307 g/mol. The van der Waals surface area contributed by atoms with E-state index in [9.17, 15) is 13.2 Å². The maximum Gasteiger partial charge on any atom is 0.230 e. The summed E-state index contributed by atoms with van der Waals surface area (Å²) >= 11 is 2.67. The first-order valence-electron chi connectivity index (χ1n) is 5.29. The molecule has 0 unspecified atom stereocenters. The minimum atomic E-state index is -3.00. The predicted molar refractivity (Wildman–Crippen MR) is 70.5 cm³/mol. The van der Waals surface area contributed by atoms with Crippen LogP contribution in [0.3, 0.4) is 0 Å². The van der Waals surface area contributed by atoms with Crippen LogP contribution >= 0.6 is 23.1 Å². The highest BCUT2D eigenvalue weighted by molar-refractivity contribution is 8.01. The molecule has 0 radical (unpaired) electrons. The minimum Gasteiger partial charge on any atom is -0.349 e. The molecular formula is C9H13N3O3S3. The molecule has 9 heteroatoms. The van der Waals surface area contributed by atoms with Gasteiger partial charge in [0, 0.05) is 0 Å². The van der Waals surface area contributed by atoms with Gasteiger partial charge in [-0.2, -0.15) is 0 Å². The summed E-state index contributed by atoms with van der Waals surface area (Å²) in [7, 11) is -3.00. The first kappa shape index (κ1) is 13.8. The molecule has 0 aromatic carbocycles. The number of hydrogen-bond acceptors (Lipinski definition) is 7. The number of hydrogen-bond donors (Lipinski definition) is 1. The molecule has 0 saturated carbocycles. The van der Waals surface area contributed by atoms with E-state index in [0.717, 1.165) is 4.34 Å². The highest BCUT2D eigenvalue weighted by atomic mass is 32.2. The lowest BCUT2D eigenvalue weighted by molar-refractivity contribution is -0.120. The van der Waals surface area contributed by atoms with E-state index in [2.05, 4.69) is 15.5 Å². The van der Waals surface area contributed by atoms with Gasteiger partial charge < -0.3 is 5.32 Å². The van der Waals surface area contributed by atoms with Crippen molar-refractivity contribution in [2.45, 2.75) is 23.2 Å². The molecule has 0 bridgehead atoms. The molecule has 1 amide bonds. The number of thioether (sulfide) groups is 1. The van der Waals surface area contributed by atoms with E-state index in [-0.39, 0.29) is 23.2 Å². The van der Waals surface area contributed by atoms with E-state index < -0.39 is 15.4 Å². The van der Waals surface area contributed by atoms with E-state index in [1.54, 1.807) is 12.4 Å². The number of amides is 1. The lowest BCUT2D eigenvalue weighted by Crippen LogP contribution is -2.47. The molecule has 1 aliphatic heterocycles. The molecule has 6 nitrogen and oxygen atoms in total. The number of aromatic nitrogens is 2. The van der Waals surface area contributed by atoms with Gasteiger partial charge in [0.15, 0.2) is 14.2 Å². The molecule has 0 aliphatic carbocycles. The third-order valence-corrected chi connectivity index (χ3v) is 6.37. The van der Waals surface area contributed by atoms with Crippen LogP contribution in [-0.4, -0.2) is 47.3 Å². The zero-order valence-corrected chi connectivity index (χ0v) is 12.2. The summed E-state index contributed by atoms with van der Waals surface area (Å²) in [6.45, 7) is 1.77. The number of nitrogens with one attached hydrogen (secondary N) is 1. The van der Waals surface area contributed by atoms with Crippen molar-refractivity contribution in [3.8, 4) is 0 Å². The molecule has 1 aromatic heterocycles. The van der Waals surface area contributed by atoms with Crippen molar-refractivity contribution in [3.05, 3.63) is 5.51 Å². The van der Waals surface area contributed by atoms with Crippen LogP contribution in [0.15, 0.2) is 9.85 Å². The Bertz CT molecular complexity index is 529. The van der Waals surface area contributed by atoms with Crippen molar-refractivity contribution in [1.82, 2.24) is 15.5 Å². The summed E-state index contributed by atoms with van der Waals surface area (Å²) in [5, 5.41) is 10.3. The SMILES string of the molecule is C[C@@]1(NC(=O)CSc2nncs2)CCS(=O)(=O)C1. The van der Waals surface area contributed by atoms with Crippen molar-refractivity contribution in [2.75, 3.05) is 17.3 Å². The Labute approximate surface area is 113 Å². The first-order valence-corrected chi connectivity index (χ1v) is 8.98. The zero-order valence-electron chi connectivity index (χ0n) is 9.75. The van der Waals surface area contributed by atoms with Crippen molar-refractivity contribution >= 4 is 38.8 Å². The Hall–Kier alpha value is -0.670. The number of rotatable bonds is 4. The minimum absolute atomic E-state index is 0.0230. The van der Waals surface area contributed by atoms with Gasteiger partial charge in [-0.15, -0.1) is 10.2 Å². The maximum absolute atomic E-state index is 11.7. The van der Waals surface area contributed by atoms with Gasteiger partial charge in [-0.05, 0) is 13.3 Å². The lowest BCUT2D eigenvalue weighted by atomic mass is 10.0. The highest BCUT2D eigenvalue weighted by Gasteiger charge is 2.39. The van der Waals surface area contributed by atoms with Crippen molar-refractivity contribution in [1.29, 1.82) is 0 Å². The molecule has 0 spiro atoms. The standard InChI is InChI=1S/C9H13N3O3S3/c1-9(2-3-18(14,15)5-9)11-7(13)4-16-8-12-10-6-17-8/h6H,2-5H2,1H3,(H,11,13)/t9-/m1/s1. The second-order valence-electron chi connectivity index (χ2n) is 4.44. The van der Waals surface area contributed by atoms with Crippen LogP contribution in [0.1, 0.15) is 13.3 Å². The summed E-state index contributed by atoms with van der Waals surface area (Å²) in [4.78, 5) is 11.7. The van der Waals surface area contributed by atoms with Crippen molar-refractivity contribution < 1.29 is 13.2 Å². The molecule has 18 heavy (non-hydrogen) atoms. The van der Waals surface area contributed by atoms with E-state index in [0.29, 0.717) is 6.42 Å². The van der Waals surface area contributed by atoms with Crippen LogP contribution in [0, 0.1) is 0 Å². The number of nitrogens with zero attached hydrogens (tertiary/aromatic N) is 2. The van der Waals surface area contributed by atoms with Gasteiger partial charge in [-0.3, -0.25) is 4.79 Å². The fourth-order valence-electron chi connectivity index (χ4n) is 1.83. The molecular weight excluding hydrogens is 294 g/mol. The smallest absolute Gasteiger partial charge is 0.230 e. The lowest BCUT2D eigenvalue weighted by Gasteiger charge is -2.23. The van der Waals surface area contributed by atoms with Gasteiger partial charge in [-0.1, -0.05) is 23.1 Å². The maximum atomic E-state index is 11.7. The Morgan fingerprint density at radius 2 is 2.44 bits per heavy atom. The Morgan fingerprint density at radius 1 is 1.67 bits per heavy atom. The Morgan fingerprint density at radius 3 is 3.00 bits per heavy atom. The molecule has 2 heterocycles. The summed E-state index contributed by atoms with van der Waals surface area (Å²) in [5.74, 6) is 0.225. The molecule has 1 atom stereocenters. The van der Waals surface area contributed by atoms with E-state index in [4.69, 9.17) is 0 Å². The van der Waals surface area contributed by atoms with Crippen LogP contribution in [0.2, 0.25) is 0 Å². The van der Waals surface area contributed by atoms with Gasteiger partial charge in [0.25, 0.3) is 0 Å². The fourth-order valence-corrected chi connectivity index (χ4v) is 5.22. The Balaban J connectivity index is 1.84. The van der Waals surface area contributed by atoms with Crippen molar-refractivity contribution in [3.63, 3.8) is 0 Å². The van der Waals surface area contributed by atoms with Gasteiger partial charge in [0.1, 0.15) is 5.51 Å². The topological polar surface area (TPSA) is 89.0 Å². The van der Waals surface area contributed by atoms with Crippen LogP contribution in [-0.2, 0) is 14.6 Å². The molecule has 1 aromatic rings. The second kappa shape index (κ2) is 5.14. The third-order valence-electron chi connectivity index (χ3n) is 2.61. The second-order valence-corrected chi connectivity index (χ2v) is 8.68. The number of sulfone groups is 1. The fraction of sp³-hybridized carbons (Fsp3) is 0.667. The van der Waals surface area contributed by atoms with E-state index in [1.807, 2.05) is 0 Å². The zero-order chi connectivity index (χ0) is 13.2. The van der Waals surface area contributed by atoms with Gasteiger partial charge in [0.05, 0.1) is 22.8 Å². The highest BCUT2D eigenvalue weighted by Crippen LogP contribution is 2.24. The first-order chi connectivity index (χ1) is 8.39. The average Bonchev–Trinajstić information content (AvgIpc) is 2.84. The predicted octanol–water partition coefficient (Wildman–Crippen LogP) is 0.324. The van der Waals surface area contributed by atoms with Gasteiger partial charge >= 0.3 is 0 Å². The summed E-state index contributed by atoms with van der Waals surface area (Å²) in [6, 6.07) is 0. The van der Waals surface area contributed by atoms with Crippen LogP contribution in [0.5, 0.6) is 0 Å². The molecule has 2 rings (SSSR count). The number of carbonyl (C=O) groups excluding carboxylic acids is 1. The summed E-state index contributed by atoms with van der Waals surface area (Å²) in [6.07, 6.45) is 0.477. The normalized spacial score (nSPS) is 26.1. The van der Waals surface area contributed by atoms with Crippen LogP contribution in [0.4, 0.5) is 0 Å². The molecule has 1 fully saturated rings. The Kier molecular flexibility index (Phi) is 3.93. The van der Waals surface area contributed by atoms with Gasteiger partial charge in [-0.25, -0.2) is 8.42 Å². The summed E-state index contributed by atoms with van der Waals surface area (Å²) in [5.41, 5.74) is 0.975. The molecule has 1 aliphatic rings. The molecule has 1 N–H and O–H groups in total. The number of carbonyl (C=O) groups is 1. The summed E-state index contributed by atoms with van der Waals surface area (Å²) < 4.78 is 23.5. The quantitative estimate of drug-likeness (QED) is 0.806. The average molecular weight is 307 g/mol. The van der Waals surface area contributed by atoms with E-state index in [1.165, 1.54) is 23.1 Å². The largest absolute Gasteiger partial charge is 0.349 e. The third kappa shape index (κ3) is 3.66. The van der Waals surface area contributed by atoms with Crippen LogP contribution < -0.4 is 5.32 Å². The van der Waals surface area contributed by atoms with Crippen molar-refractivity contribution in [2.24, 2.45) is 0 Å². The molecule has 1 saturated heterocycles. The molecule has 100 valence electrons. The van der Waals surface area contributed by atoms with E-state index >= 15 is 0 Å². The van der Waals surface area contributed by atoms with Gasteiger partial charge in [0.2, 0.25) is 5.91 Å².